The maximum atomic E-state index is 12.6. The third-order valence-electron chi connectivity index (χ3n) is 5.40. The van der Waals surface area contributed by atoms with E-state index in [1.54, 1.807) is 0 Å². The summed E-state index contributed by atoms with van der Waals surface area (Å²) in [6.07, 6.45) is 5.52. The third kappa shape index (κ3) is 2.98. The SMILES string of the molecule is CCC1(CNC(=O)N(CCO)C2CCc3ccccc32)CC1. The Hall–Kier alpha value is -1.55. The lowest BCUT2D eigenvalue weighted by atomic mass is 10.0. The highest BCUT2D eigenvalue weighted by Gasteiger charge is 2.41. The van der Waals surface area contributed by atoms with Gasteiger partial charge in [0.2, 0.25) is 0 Å². The predicted octanol–water partition coefficient (Wildman–Crippen LogP) is 2.87. The van der Waals surface area contributed by atoms with Crippen LogP contribution in [0.2, 0.25) is 0 Å². The van der Waals surface area contributed by atoms with Crippen molar-refractivity contribution in [3.63, 3.8) is 0 Å². The molecule has 2 amide bonds. The molecule has 0 bridgehead atoms. The van der Waals surface area contributed by atoms with Crippen LogP contribution < -0.4 is 5.32 Å². The molecule has 0 aromatic heterocycles. The second-order valence-corrected chi connectivity index (χ2v) is 6.68. The number of nitrogens with one attached hydrogen (secondary N) is 1. The van der Waals surface area contributed by atoms with Gasteiger partial charge in [-0.05, 0) is 48.6 Å². The maximum absolute atomic E-state index is 12.6. The molecule has 1 aromatic rings. The Labute approximate surface area is 132 Å². The van der Waals surface area contributed by atoms with Crippen LogP contribution in [0, 0.1) is 5.41 Å². The Kier molecular flexibility index (Phi) is 4.39. The van der Waals surface area contributed by atoms with E-state index in [1.165, 1.54) is 24.0 Å². The Morgan fingerprint density at radius 3 is 2.86 bits per heavy atom. The molecule has 0 heterocycles. The normalized spacial score (nSPS) is 21.3. The zero-order valence-electron chi connectivity index (χ0n) is 13.3. The summed E-state index contributed by atoms with van der Waals surface area (Å²) in [5.41, 5.74) is 2.91. The topological polar surface area (TPSA) is 52.6 Å². The number of fused-ring (bicyclic) bond motifs is 1. The summed E-state index contributed by atoms with van der Waals surface area (Å²) in [4.78, 5) is 14.4. The summed E-state index contributed by atoms with van der Waals surface area (Å²) < 4.78 is 0. The summed E-state index contributed by atoms with van der Waals surface area (Å²) in [7, 11) is 0. The molecular formula is C18H26N2O2. The molecule has 4 nitrogen and oxygen atoms in total. The molecule has 0 saturated heterocycles. The van der Waals surface area contributed by atoms with E-state index < -0.39 is 0 Å². The van der Waals surface area contributed by atoms with Gasteiger partial charge in [0.25, 0.3) is 0 Å². The van der Waals surface area contributed by atoms with Gasteiger partial charge in [0.1, 0.15) is 0 Å². The van der Waals surface area contributed by atoms with E-state index in [-0.39, 0.29) is 18.7 Å². The van der Waals surface area contributed by atoms with Gasteiger partial charge in [-0.1, -0.05) is 31.2 Å². The highest BCUT2D eigenvalue weighted by atomic mass is 16.3. The second kappa shape index (κ2) is 6.29. The first-order valence-electron chi connectivity index (χ1n) is 8.42. The Morgan fingerprint density at radius 1 is 1.41 bits per heavy atom. The molecule has 0 spiro atoms. The lowest BCUT2D eigenvalue weighted by Crippen LogP contribution is -2.44. The monoisotopic (exact) mass is 302 g/mol. The van der Waals surface area contributed by atoms with Crippen molar-refractivity contribution in [1.29, 1.82) is 0 Å². The van der Waals surface area contributed by atoms with Gasteiger partial charge in [0.05, 0.1) is 12.6 Å². The molecule has 1 fully saturated rings. The minimum absolute atomic E-state index is 0.00497. The lowest BCUT2D eigenvalue weighted by molar-refractivity contribution is 0.150. The Balaban J connectivity index is 1.69. The number of carbonyl (C=O) groups excluding carboxylic acids is 1. The lowest BCUT2D eigenvalue weighted by Gasteiger charge is -2.30. The van der Waals surface area contributed by atoms with Gasteiger partial charge in [-0.15, -0.1) is 0 Å². The largest absolute Gasteiger partial charge is 0.395 e. The molecule has 0 radical (unpaired) electrons. The van der Waals surface area contributed by atoms with E-state index >= 15 is 0 Å². The van der Waals surface area contributed by atoms with Crippen molar-refractivity contribution in [1.82, 2.24) is 10.2 Å². The van der Waals surface area contributed by atoms with Gasteiger partial charge in [-0.2, -0.15) is 0 Å². The second-order valence-electron chi connectivity index (χ2n) is 6.68. The van der Waals surface area contributed by atoms with Crippen LogP contribution >= 0.6 is 0 Å². The minimum atomic E-state index is -0.0320. The molecule has 2 N–H and O–H groups in total. The van der Waals surface area contributed by atoms with Crippen LogP contribution in [0.15, 0.2) is 24.3 Å². The third-order valence-corrected chi connectivity index (χ3v) is 5.40. The van der Waals surface area contributed by atoms with Crippen molar-refractivity contribution < 1.29 is 9.90 Å². The number of urea groups is 1. The molecule has 2 aliphatic rings. The highest BCUT2D eigenvalue weighted by molar-refractivity contribution is 5.75. The zero-order valence-corrected chi connectivity index (χ0v) is 13.3. The summed E-state index contributed by atoms with van der Waals surface area (Å²) in [6, 6.07) is 8.40. The molecule has 1 unspecified atom stereocenters. The zero-order chi connectivity index (χ0) is 15.6. The van der Waals surface area contributed by atoms with E-state index in [0.717, 1.165) is 25.8 Å². The molecule has 4 heteroatoms. The molecule has 3 rings (SSSR count). The van der Waals surface area contributed by atoms with Crippen molar-refractivity contribution in [2.75, 3.05) is 19.7 Å². The molecule has 120 valence electrons. The number of amides is 2. The van der Waals surface area contributed by atoms with Crippen LogP contribution in [-0.4, -0.2) is 35.7 Å². The van der Waals surface area contributed by atoms with Crippen molar-refractivity contribution in [3.8, 4) is 0 Å². The van der Waals surface area contributed by atoms with Crippen molar-refractivity contribution in [3.05, 3.63) is 35.4 Å². The average Bonchev–Trinajstić information content (AvgIpc) is 3.22. The van der Waals surface area contributed by atoms with Gasteiger partial charge in [-0.25, -0.2) is 4.79 Å². The van der Waals surface area contributed by atoms with Crippen LogP contribution in [0.25, 0.3) is 0 Å². The number of carbonyl (C=O) groups is 1. The molecule has 1 saturated carbocycles. The number of benzene rings is 1. The first-order valence-corrected chi connectivity index (χ1v) is 8.42. The molecule has 22 heavy (non-hydrogen) atoms. The number of aliphatic hydroxyl groups excluding tert-OH is 1. The smallest absolute Gasteiger partial charge is 0.318 e. The van der Waals surface area contributed by atoms with Crippen molar-refractivity contribution in [2.24, 2.45) is 5.41 Å². The number of aliphatic hydroxyl groups is 1. The van der Waals surface area contributed by atoms with Gasteiger partial charge in [0.15, 0.2) is 0 Å². The average molecular weight is 302 g/mol. The molecule has 0 aliphatic heterocycles. The number of hydrogen-bond acceptors (Lipinski definition) is 2. The van der Waals surface area contributed by atoms with Gasteiger partial charge in [-0.3, -0.25) is 0 Å². The summed E-state index contributed by atoms with van der Waals surface area (Å²) in [5.74, 6) is 0. The van der Waals surface area contributed by atoms with E-state index in [4.69, 9.17) is 0 Å². The summed E-state index contributed by atoms with van der Waals surface area (Å²) >= 11 is 0. The molecular weight excluding hydrogens is 276 g/mol. The van der Waals surface area contributed by atoms with Crippen LogP contribution in [0.1, 0.15) is 49.8 Å². The van der Waals surface area contributed by atoms with Gasteiger partial charge < -0.3 is 15.3 Å². The van der Waals surface area contributed by atoms with E-state index in [9.17, 15) is 9.90 Å². The van der Waals surface area contributed by atoms with Crippen LogP contribution in [0.3, 0.4) is 0 Å². The molecule has 1 aromatic carbocycles. The first kappa shape index (κ1) is 15.3. The van der Waals surface area contributed by atoms with E-state index in [0.29, 0.717) is 12.0 Å². The summed E-state index contributed by atoms with van der Waals surface area (Å²) in [5, 5.41) is 12.5. The van der Waals surface area contributed by atoms with Crippen LogP contribution in [-0.2, 0) is 6.42 Å². The van der Waals surface area contributed by atoms with Gasteiger partial charge in [0, 0.05) is 13.1 Å². The van der Waals surface area contributed by atoms with Crippen molar-refractivity contribution >= 4 is 6.03 Å². The molecule has 1 atom stereocenters. The predicted molar refractivity (Wildman–Crippen MR) is 86.7 cm³/mol. The fourth-order valence-corrected chi connectivity index (χ4v) is 3.56. The Bertz CT molecular complexity index is 540. The Morgan fingerprint density at radius 2 is 2.18 bits per heavy atom. The number of nitrogens with zero attached hydrogens (tertiary/aromatic N) is 1. The standard InChI is InChI=1S/C18H26N2O2/c1-2-18(9-10-18)13-19-17(22)20(11-12-21)16-8-7-14-5-3-4-6-15(14)16/h3-6,16,21H,2,7-13H2,1H3,(H,19,22). The number of rotatable bonds is 6. The minimum Gasteiger partial charge on any atom is -0.395 e. The fourth-order valence-electron chi connectivity index (χ4n) is 3.56. The van der Waals surface area contributed by atoms with E-state index in [2.05, 4.69) is 30.4 Å². The summed E-state index contributed by atoms with van der Waals surface area (Å²) in [6.45, 7) is 3.35. The molecule has 2 aliphatic carbocycles. The van der Waals surface area contributed by atoms with Gasteiger partial charge >= 0.3 is 6.03 Å². The number of hydrogen-bond donors (Lipinski definition) is 2. The van der Waals surface area contributed by atoms with Crippen molar-refractivity contribution in [2.45, 2.75) is 45.1 Å². The quantitative estimate of drug-likeness (QED) is 0.849. The number of aryl methyl sites for hydroxylation is 1. The maximum Gasteiger partial charge on any atom is 0.318 e. The van der Waals surface area contributed by atoms with E-state index in [1.807, 2.05) is 11.0 Å². The highest BCUT2D eigenvalue weighted by Crippen LogP contribution is 2.48. The first-order chi connectivity index (χ1) is 10.7. The van der Waals surface area contributed by atoms with Crippen LogP contribution in [0.5, 0.6) is 0 Å². The van der Waals surface area contributed by atoms with Crippen LogP contribution in [0.4, 0.5) is 4.79 Å². The fraction of sp³-hybridized carbons (Fsp3) is 0.611.